The standard InChI is InChI=1S/C19H27N3O2/c1-19(2,3)22-11-7-10-21(12-13-22)18(23)16-14-17(24-20-16)15-8-5-4-6-9-15/h4-6,8-9,17H,7,10-14H2,1-3H3. The van der Waals surface area contributed by atoms with E-state index in [2.05, 4.69) is 30.8 Å². The highest BCUT2D eigenvalue weighted by Crippen LogP contribution is 2.27. The van der Waals surface area contributed by atoms with E-state index in [1.54, 1.807) is 0 Å². The van der Waals surface area contributed by atoms with E-state index in [1.807, 2.05) is 35.2 Å². The third-order valence-corrected chi connectivity index (χ3v) is 4.82. The molecule has 1 saturated heterocycles. The summed E-state index contributed by atoms with van der Waals surface area (Å²) in [5.74, 6) is 0.0317. The van der Waals surface area contributed by atoms with Crippen LogP contribution in [-0.4, -0.2) is 53.1 Å². The fourth-order valence-electron chi connectivity index (χ4n) is 3.32. The minimum absolute atomic E-state index is 0.0317. The highest BCUT2D eigenvalue weighted by atomic mass is 16.6. The molecule has 0 radical (unpaired) electrons. The zero-order valence-corrected chi connectivity index (χ0v) is 14.9. The lowest BCUT2D eigenvalue weighted by molar-refractivity contribution is -0.124. The largest absolute Gasteiger partial charge is 0.387 e. The fraction of sp³-hybridized carbons (Fsp3) is 0.579. The summed E-state index contributed by atoms with van der Waals surface area (Å²) in [5.41, 5.74) is 1.76. The van der Waals surface area contributed by atoms with E-state index >= 15 is 0 Å². The van der Waals surface area contributed by atoms with Gasteiger partial charge in [-0.1, -0.05) is 35.5 Å². The van der Waals surface area contributed by atoms with Crippen molar-refractivity contribution in [3.8, 4) is 0 Å². The highest BCUT2D eigenvalue weighted by molar-refractivity contribution is 6.39. The van der Waals surface area contributed by atoms with Gasteiger partial charge in [0.25, 0.3) is 5.91 Å². The number of rotatable bonds is 2. The van der Waals surface area contributed by atoms with Crippen LogP contribution in [0.1, 0.15) is 45.3 Å². The molecule has 3 rings (SSSR count). The van der Waals surface area contributed by atoms with Crippen molar-refractivity contribution in [2.75, 3.05) is 26.2 Å². The molecule has 1 atom stereocenters. The van der Waals surface area contributed by atoms with Gasteiger partial charge in [0, 0.05) is 38.1 Å². The van der Waals surface area contributed by atoms with Crippen LogP contribution in [0.25, 0.3) is 0 Å². The van der Waals surface area contributed by atoms with Crippen LogP contribution in [0.15, 0.2) is 35.5 Å². The smallest absolute Gasteiger partial charge is 0.271 e. The summed E-state index contributed by atoms with van der Waals surface area (Å²) < 4.78 is 0. The first-order chi connectivity index (χ1) is 11.4. The summed E-state index contributed by atoms with van der Waals surface area (Å²) in [5, 5.41) is 4.08. The molecule has 0 bridgehead atoms. The van der Waals surface area contributed by atoms with Crippen LogP contribution in [0.5, 0.6) is 0 Å². The third kappa shape index (κ3) is 3.78. The molecular weight excluding hydrogens is 302 g/mol. The molecule has 1 unspecified atom stereocenters. The van der Waals surface area contributed by atoms with Gasteiger partial charge in [0.05, 0.1) is 0 Å². The Hall–Kier alpha value is -1.88. The topological polar surface area (TPSA) is 45.1 Å². The second-order valence-electron chi connectivity index (χ2n) is 7.55. The van der Waals surface area contributed by atoms with Crippen LogP contribution in [0, 0.1) is 0 Å². The van der Waals surface area contributed by atoms with Crippen molar-refractivity contribution in [2.45, 2.75) is 45.3 Å². The van der Waals surface area contributed by atoms with E-state index in [0.717, 1.165) is 38.2 Å². The lowest BCUT2D eigenvalue weighted by Crippen LogP contribution is -2.44. The Morgan fingerprint density at radius 3 is 2.58 bits per heavy atom. The molecule has 5 heteroatoms. The summed E-state index contributed by atoms with van der Waals surface area (Å²) in [6, 6.07) is 9.97. The zero-order chi connectivity index (χ0) is 17.2. The van der Waals surface area contributed by atoms with Crippen molar-refractivity contribution in [1.82, 2.24) is 9.80 Å². The first-order valence-electron chi connectivity index (χ1n) is 8.77. The quantitative estimate of drug-likeness (QED) is 0.838. The van der Waals surface area contributed by atoms with Gasteiger partial charge < -0.3 is 9.74 Å². The van der Waals surface area contributed by atoms with Gasteiger partial charge in [0.1, 0.15) is 5.71 Å². The second-order valence-corrected chi connectivity index (χ2v) is 7.55. The van der Waals surface area contributed by atoms with Gasteiger partial charge in [-0.05, 0) is 32.8 Å². The maximum atomic E-state index is 12.8. The maximum Gasteiger partial charge on any atom is 0.271 e. The van der Waals surface area contributed by atoms with Crippen LogP contribution >= 0.6 is 0 Å². The predicted molar refractivity (Wildman–Crippen MR) is 94.8 cm³/mol. The summed E-state index contributed by atoms with van der Waals surface area (Å²) in [7, 11) is 0. The van der Waals surface area contributed by atoms with Crippen molar-refractivity contribution < 1.29 is 9.63 Å². The first kappa shape index (κ1) is 17.0. The molecule has 0 aliphatic carbocycles. The molecule has 0 N–H and O–H groups in total. The molecule has 2 aliphatic rings. The Labute approximate surface area is 144 Å². The molecule has 2 heterocycles. The van der Waals surface area contributed by atoms with Crippen molar-refractivity contribution in [3.05, 3.63) is 35.9 Å². The minimum atomic E-state index is -0.136. The first-order valence-corrected chi connectivity index (χ1v) is 8.77. The van der Waals surface area contributed by atoms with Gasteiger partial charge in [0.15, 0.2) is 6.10 Å². The molecule has 24 heavy (non-hydrogen) atoms. The van der Waals surface area contributed by atoms with E-state index in [0.29, 0.717) is 12.1 Å². The summed E-state index contributed by atoms with van der Waals surface area (Å²) in [6.45, 7) is 10.2. The number of oxime groups is 1. The number of hydrogen-bond donors (Lipinski definition) is 0. The zero-order valence-electron chi connectivity index (χ0n) is 14.9. The number of nitrogens with zero attached hydrogens (tertiary/aromatic N) is 3. The van der Waals surface area contributed by atoms with E-state index in [9.17, 15) is 4.79 Å². The van der Waals surface area contributed by atoms with Gasteiger partial charge >= 0.3 is 0 Å². The number of carbonyl (C=O) groups excluding carboxylic acids is 1. The van der Waals surface area contributed by atoms with Crippen molar-refractivity contribution in [2.24, 2.45) is 5.16 Å². The second kappa shape index (κ2) is 6.93. The molecule has 1 aromatic rings. The number of hydrogen-bond acceptors (Lipinski definition) is 4. The number of benzene rings is 1. The summed E-state index contributed by atoms with van der Waals surface area (Å²) in [6.07, 6.45) is 1.42. The average Bonchev–Trinajstić information content (AvgIpc) is 2.91. The van der Waals surface area contributed by atoms with Gasteiger partial charge in [-0.15, -0.1) is 0 Å². The molecule has 1 aromatic carbocycles. The minimum Gasteiger partial charge on any atom is -0.387 e. The normalized spacial score (nSPS) is 22.7. The Morgan fingerprint density at radius 2 is 1.88 bits per heavy atom. The Kier molecular flexibility index (Phi) is 4.90. The molecule has 130 valence electrons. The Bertz CT molecular complexity index is 607. The Morgan fingerprint density at radius 1 is 1.12 bits per heavy atom. The molecule has 2 aliphatic heterocycles. The molecule has 5 nitrogen and oxygen atoms in total. The van der Waals surface area contributed by atoms with E-state index in [4.69, 9.17) is 4.84 Å². The van der Waals surface area contributed by atoms with Gasteiger partial charge in [-0.3, -0.25) is 9.69 Å². The SMILES string of the molecule is CC(C)(C)N1CCCN(C(=O)C2=NOC(c3ccccc3)C2)CC1. The highest BCUT2D eigenvalue weighted by Gasteiger charge is 2.32. The van der Waals surface area contributed by atoms with E-state index in [-0.39, 0.29) is 17.6 Å². The van der Waals surface area contributed by atoms with Gasteiger partial charge in [0.2, 0.25) is 0 Å². The van der Waals surface area contributed by atoms with Crippen molar-refractivity contribution in [3.63, 3.8) is 0 Å². The van der Waals surface area contributed by atoms with Crippen LogP contribution in [0.3, 0.4) is 0 Å². The van der Waals surface area contributed by atoms with Gasteiger partial charge in [-0.25, -0.2) is 0 Å². The number of amides is 1. The predicted octanol–water partition coefficient (Wildman–Crippen LogP) is 2.84. The van der Waals surface area contributed by atoms with Crippen LogP contribution < -0.4 is 0 Å². The molecule has 0 spiro atoms. The number of carbonyl (C=O) groups is 1. The van der Waals surface area contributed by atoms with Crippen LogP contribution in [-0.2, 0) is 9.63 Å². The summed E-state index contributed by atoms with van der Waals surface area (Å²) in [4.78, 5) is 22.7. The average molecular weight is 329 g/mol. The van der Waals surface area contributed by atoms with Crippen molar-refractivity contribution in [1.29, 1.82) is 0 Å². The van der Waals surface area contributed by atoms with Crippen LogP contribution in [0.2, 0.25) is 0 Å². The molecular formula is C19H27N3O2. The lowest BCUT2D eigenvalue weighted by Gasteiger charge is -2.34. The van der Waals surface area contributed by atoms with E-state index < -0.39 is 0 Å². The van der Waals surface area contributed by atoms with Gasteiger partial charge in [-0.2, -0.15) is 0 Å². The third-order valence-electron chi connectivity index (χ3n) is 4.82. The fourth-order valence-corrected chi connectivity index (χ4v) is 3.32. The maximum absolute atomic E-state index is 12.8. The Balaban J connectivity index is 1.59. The summed E-state index contributed by atoms with van der Waals surface area (Å²) >= 11 is 0. The van der Waals surface area contributed by atoms with Crippen LogP contribution in [0.4, 0.5) is 0 Å². The molecule has 0 saturated carbocycles. The van der Waals surface area contributed by atoms with Crippen molar-refractivity contribution >= 4 is 11.6 Å². The monoisotopic (exact) mass is 329 g/mol. The molecule has 1 fully saturated rings. The molecule has 1 amide bonds. The molecule has 0 aromatic heterocycles. The van der Waals surface area contributed by atoms with E-state index in [1.165, 1.54) is 0 Å². The lowest BCUT2D eigenvalue weighted by atomic mass is 10.0.